The largest absolute Gasteiger partial charge is 0.407 e. The first-order chi connectivity index (χ1) is 14.3. The lowest BCUT2D eigenvalue weighted by molar-refractivity contribution is -0.314. The molecule has 1 aliphatic carbocycles. The Bertz CT molecular complexity index is 1110. The third kappa shape index (κ3) is 2.73. The molecule has 1 unspecified atom stereocenters. The third-order valence-corrected chi connectivity index (χ3v) is 5.41. The Morgan fingerprint density at radius 2 is 1.29 bits per heavy atom. The third-order valence-electron chi connectivity index (χ3n) is 5.41. The van der Waals surface area contributed by atoms with Crippen LogP contribution in [0.3, 0.4) is 0 Å². The molecule has 0 aromatic heterocycles. The molecule has 0 N–H and O–H groups in total. The minimum atomic E-state index is -5.95. The second kappa shape index (κ2) is 6.28. The van der Waals surface area contributed by atoms with Crippen molar-refractivity contribution in [2.24, 2.45) is 5.92 Å². The van der Waals surface area contributed by atoms with Crippen molar-refractivity contribution in [2.75, 3.05) is 0 Å². The fourth-order valence-corrected chi connectivity index (χ4v) is 4.03. The standard InChI is InChI=1S/C19H8F6O6/c20-18(21,22)17(19(23,24)25,7-1-3-9-11(5-7)15(28)30-13(9)26)8-2-4-10-12(6-8)16(29)31-14(10)27/h1,3-6,8H,2H2. The van der Waals surface area contributed by atoms with Crippen molar-refractivity contribution >= 4 is 23.9 Å². The molecule has 1 saturated heterocycles. The SMILES string of the molecule is O=C1OC(=O)C2=CC(C(c3ccc4c(c3)C(=O)OC4=O)(C(F)(F)F)C(F)(F)F)CC=C12. The van der Waals surface area contributed by atoms with E-state index in [4.69, 9.17) is 0 Å². The Balaban J connectivity index is 1.98. The molecule has 3 aliphatic rings. The van der Waals surface area contributed by atoms with E-state index in [0.29, 0.717) is 24.3 Å². The van der Waals surface area contributed by atoms with Gasteiger partial charge in [0.1, 0.15) is 0 Å². The summed E-state index contributed by atoms with van der Waals surface area (Å²) >= 11 is 0. The van der Waals surface area contributed by atoms with Crippen molar-refractivity contribution in [2.45, 2.75) is 24.2 Å². The molecule has 0 bridgehead atoms. The Kier molecular flexibility index (Phi) is 4.22. The average molecular weight is 446 g/mol. The molecule has 1 fully saturated rings. The van der Waals surface area contributed by atoms with Gasteiger partial charge in [0, 0.05) is 5.92 Å². The Hall–Kier alpha value is -3.44. The smallest absolute Gasteiger partial charge is 0.386 e. The molecular formula is C19H8F6O6. The summed E-state index contributed by atoms with van der Waals surface area (Å²) < 4.78 is 94.0. The quantitative estimate of drug-likeness (QED) is 0.394. The van der Waals surface area contributed by atoms with Gasteiger partial charge in [0.25, 0.3) is 0 Å². The van der Waals surface area contributed by atoms with Gasteiger partial charge in [0.2, 0.25) is 0 Å². The van der Waals surface area contributed by atoms with Crippen LogP contribution in [0.1, 0.15) is 32.7 Å². The number of fused-ring (bicyclic) bond motifs is 2. The van der Waals surface area contributed by atoms with Gasteiger partial charge in [0.05, 0.1) is 22.3 Å². The topological polar surface area (TPSA) is 86.7 Å². The van der Waals surface area contributed by atoms with Crippen LogP contribution in [0.25, 0.3) is 0 Å². The molecule has 2 aliphatic heterocycles. The number of esters is 4. The van der Waals surface area contributed by atoms with Gasteiger partial charge in [-0.15, -0.1) is 0 Å². The molecule has 162 valence electrons. The van der Waals surface area contributed by atoms with Gasteiger partial charge in [0.15, 0.2) is 5.41 Å². The van der Waals surface area contributed by atoms with Crippen molar-refractivity contribution in [3.63, 3.8) is 0 Å². The second-order valence-corrected chi connectivity index (χ2v) is 6.96. The average Bonchev–Trinajstić information content (AvgIpc) is 3.09. The van der Waals surface area contributed by atoms with E-state index < -0.39 is 81.8 Å². The van der Waals surface area contributed by atoms with Gasteiger partial charge in [-0.3, -0.25) is 0 Å². The molecule has 6 nitrogen and oxygen atoms in total. The van der Waals surface area contributed by atoms with E-state index in [9.17, 15) is 45.5 Å². The minimum Gasteiger partial charge on any atom is -0.386 e. The number of hydrogen-bond acceptors (Lipinski definition) is 6. The van der Waals surface area contributed by atoms with Crippen molar-refractivity contribution in [3.05, 3.63) is 58.2 Å². The van der Waals surface area contributed by atoms with Gasteiger partial charge in [-0.1, -0.05) is 18.2 Å². The highest BCUT2D eigenvalue weighted by Crippen LogP contribution is 2.59. The predicted molar refractivity (Wildman–Crippen MR) is 85.3 cm³/mol. The van der Waals surface area contributed by atoms with E-state index in [1.807, 2.05) is 0 Å². The van der Waals surface area contributed by atoms with Crippen LogP contribution < -0.4 is 0 Å². The number of carbonyl (C=O) groups excluding carboxylic acids is 4. The normalized spacial score (nSPS) is 21.3. The van der Waals surface area contributed by atoms with Crippen molar-refractivity contribution in [1.82, 2.24) is 0 Å². The fourth-order valence-electron chi connectivity index (χ4n) is 4.03. The number of alkyl halides is 6. The number of cyclic esters (lactones) is 4. The van der Waals surface area contributed by atoms with Gasteiger partial charge in [-0.2, -0.15) is 26.3 Å². The molecule has 12 heteroatoms. The van der Waals surface area contributed by atoms with Crippen molar-refractivity contribution in [3.8, 4) is 0 Å². The maximum absolute atomic E-state index is 14.2. The van der Waals surface area contributed by atoms with E-state index in [1.165, 1.54) is 0 Å². The second-order valence-electron chi connectivity index (χ2n) is 6.96. The summed E-state index contributed by atoms with van der Waals surface area (Å²) in [6.45, 7) is 0. The molecule has 0 amide bonds. The minimum absolute atomic E-state index is 0.319. The number of ether oxygens (including phenoxy) is 2. The first-order valence-electron chi connectivity index (χ1n) is 8.52. The maximum atomic E-state index is 14.2. The van der Waals surface area contributed by atoms with E-state index >= 15 is 0 Å². The van der Waals surface area contributed by atoms with Gasteiger partial charge in [-0.05, 0) is 24.1 Å². The maximum Gasteiger partial charge on any atom is 0.407 e. The zero-order valence-electron chi connectivity index (χ0n) is 14.9. The molecule has 4 rings (SSSR count). The molecular weight excluding hydrogens is 438 g/mol. The first kappa shape index (κ1) is 20.8. The zero-order chi connectivity index (χ0) is 22.9. The Morgan fingerprint density at radius 3 is 1.90 bits per heavy atom. The van der Waals surface area contributed by atoms with Crippen LogP contribution >= 0.6 is 0 Å². The number of hydrogen-bond donors (Lipinski definition) is 0. The van der Waals surface area contributed by atoms with Crippen LogP contribution in [-0.4, -0.2) is 36.2 Å². The molecule has 2 heterocycles. The first-order valence-corrected chi connectivity index (χ1v) is 8.52. The Morgan fingerprint density at radius 1 is 0.742 bits per heavy atom. The lowest BCUT2D eigenvalue weighted by atomic mass is 9.65. The molecule has 31 heavy (non-hydrogen) atoms. The summed E-state index contributed by atoms with van der Waals surface area (Å²) in [7, 11) is 0. The number of rotatable bonds is 2. The highest BCUT2D eigenvalue weighted by Gasteiger charge is 2.74. The number of allylic oxidation sites excluding steroid dienone is 2. The van der Waals surface area contributed by atoms with E-state index in [1.54, 1.807) is 0 Å². The van der Waals surface area contributed by atoms with Crippen LogP contribution in [0.4, 0.5) is 26.3 Å². The molecule has 1 aromatic carbocycles. The highest BCUT2D eigenvalue weighted by atomic mass is 19.4. The summed E-state index contributed by atoms with van der Waals surface area (Å²) in [6, 6.07) is 1.41. The summed E-state index contributed by atoms with van der Waals surface area (Å²) in [5.41, 5.74) is -8.26. The zero-order valence-corrected chi connectivity index (χ0v) is 14.9. The lowest BCUT2D eigenvalue weighted by Gasteiger charge is -2.43. The van der Waals surface area contributed by atoms with Crippen LogP contribution in [0.2, 0.25) is 0 Å². The molecule has 1 aromatic rings. The van der Waals surface area contributed by atoms with Crippen molar-refractivity contribution in [1.29, 1.82) is 0 Å². The van der Waals surface area contributed by atoms with Crippen LogP contribution in [0.5, 0.6) is 0 Å². The van der Waals surface area contributed by atoms with E-state index in [-0.39, 0.29) is 0 Å². The summed E-state index contributed by atoms with van der Waals surface area (Å²) in [5, 5.41) is 0. The highest BCUT2D eigenvalue weighted by molar-refractivity contribution is 6.18. The predicted octanol–water partition coefficient (Wildman–Crippen LogP) is 3.32. The molecule has 1 atom stereocenters. The monoisotopic (exact) mass is 446 g/mol. The lowest BCUT2D eigenvalue weighted by Crippen LogP contribution is -2.58. The number of benzene rings is 1. The van der Waals surface area contributed by atoms with Gasteiger partial charge < -0.3 is 9.47 Å². The fraction of sp³-hybridized carbons (Fsp3) is 0.263. The molecule has 0 spiro atoms. The summed E-state index contributed by atoms with van der Waals surface area (Å²) in [4.78, 5) is 46.6. The van der Waals surface area contributed by atoms with Crippen LogP contribution in [0, 0.1) is 5.92 Å². The van der Waals surface area contributed by atoms with Gasteiger partial charge >= 0.3 is 36.2 Å². The summed E-state index contributed by atoms with van der Waals surface area (Å²) in [5.74, 6) is -7.51. The summed E-state index contributed by atoms with van der Waals surface area (Å²) in [6.07, 6.45) is -11.6. The molecule has 0 radical (unpaired) electrons. The van der Waals surface area contributed by atoms with Crippen LogP contribution in [-0.2, 0) is 24.5 Å². The number of halogens is 6. The van der Waals surface area contributed by atoms with Gasteiger partial charge in [-0.25, -0.2) is 19.2 Å². The Labute approximate surface area is 168 Å². The van der Waals surface area contributed by atoms with Crippen LogP contribution in [0.15, 0.2) is 41.5 Å². The molecule has 0 saturated carbocycles. The number of carbonyl (C=O) groups is 4. The van der Waals surface area contributed by atoms with E-state index in [0.717, 1.165) is 6.08 Å². The van der Waals surface area contributed by atoms with Crippen molar-refractivity contribution < 1.29 is 55.0 Å². The van der Waals surface area contributed by atoms with E-state index in [2.05, 4.69) is 9.47 Å².